The number of nitrogens with zero attached hydrogens (tertiary/aromatic N) is 3. The average Bonchev–Trinajstić information content (AvgIpc) is 3.06. The molecule has 1 saturated heterocycles. The van der Waals surface area contributed by atoms with Gasteiger partial charge >= 0.3 is 0 Å². The molecule has 5 nitrogen and oxygen atoms in total. The van der Waals surface area contributed by atoms with E-state index in [0.717, 1.165) is 53.8 Å². The maximum Gasteiger partial charge on any atom is 0.253 e. The normalized spacial score (nSPS) is 14.3. The van der Waals surface area contributed by atoms with Crippen molar-refractivity contribution in [1.82, 2.24) is 9.88 Å². The molecule has 154 valence electrons. The van der Waals surface area contributed by atoms with Crippen LogP contribution in [0.4, 0.5) is 5.69 Å². The Morgan fingerprint density at radius 3 is 2.43 bits per heavy atom. The van der Waals surface area contributed by atoms with Gasteiger partial charge in [0.25, 0.3) is 5.91 Å². The number of amides is 1. The van der Waals surface area contributed by atoms with Gasteiger partial charge in [-0.25, -0.2) is 4.98 Å². The lowest BCUT2D eigenvalue weighted by Crippen LogP contribution is -2.35. The largest absolute Gasteiger partial charge is 0.497 e. The van der Waals surface area contributed by atoms with Gasteiger partial charge in [0.2, 0.25) is 0 Å². The van der Waals surface area contributed by atoms with Gasteiger partial charge in [-0.2, -0.15) is 0 Å². The molecule has 1 amide bonds. The highest BCUT2D eigenvalue weighted by Gasteiger charge is 2.20. The molecule has 0 aliphatic carbocycles. The van der Waals surface area contributed by atoms with Crippen LogP contribution in [-0.2, 0) is 0 Å². The fourth-order valence-corrected chi connectivity index (χ4v) is 4.32. The molecular weight excluding hydrogens is 394 g/mol. The van der Waals surface area contributed by atoms with E-state index < -0.39 is 0 Å². The van der Waals surface area contributed by atoms with E-state index in [1.54, 1.807) is 25.1 Å². The maximum absolute atomic E-state index is 13.0. The van der Waals surface area contributed by atoms with E-state index in [4.69, 9.17) is 4.74 Å². The Kier molecular flexibility index (Phi) is 6.54. The van der Waals surface area contributed by atoms with Crippen molar-refractivity contribution in [3.8, 4) is 5.75 Å². The molecule has 0 unspecified atom stereocenters. The van der Waals surface area contributed by atoms with E-state index in [1.165, 1.54) is 5.69 Å². The highest BCUT2D eigenvalue weighted by atomic mass is 32.2. The van der Waals surface area contributed by atoms with Crippen molar-refractivity contribution >= 4 is 23.4 Å². The van der Waals surface area contributed by atoms with Gasteiger partial charge in [0.15, 0.2) is 0 Å². The van der Waals surface area contributed by atoms with Crippen LogP contribution < -0.4 is 9.64 Å². The Morgan fingerprint density at radius 1 is 0.933 bits per heavy atom. The van der Waals surface area contributed by atoms with Crippen LogP contribution in [0.2, 0.25) is 0 Å². The molecule has 0 spiro atoms. The molecule has 1 aromatic heterocycles. The van der Waals surface area contributed by atoms with E-state index in [2.05, 4.69) is 22.0 Å². The standard InChI is InChI=1S/C24H25N3O2S/c1-29-21-10-8-20(9-11-21)26-15-4-16-27(18-17-26)24(28)19-6-12-22(13-7-19)30-23-5-2-3-14-25-23/h2-3,5-14H,4,15-18H2,1H3. The SMILES string of the molecule is COc1ccc(N2CCCN(C(=O)c3ccc(Sc4ccccn4)cc3)CC2)cc1. The van der Waals surface area contributed by atoms with Crippen molar-refractivity contribution in [3.63, 3.8) is 0 Å². The summed E-state index contributed by atoms with van der Waals surface area (Å²) in [5, 5.41) is 0.947. The number of pyridine rings is 1. The van der Waals surface area contributed by atoms with Crippen LogP contribution >= 0.6 is 11.8 Å². The van der Waals surface area contributed by atoms with Gasteiger partial charge in [0, 0.05) is 48.5 Å². The fraction of sp³-hybridized carbons (Fsp3) is 0.250. The zero-order valence-corrected chi connectivity index (χ0v) is 17.8. The van der Waals surface area contributed by atoms with Crippen LogP contribution in [0.25, 0.3) is 0 Å². The first-order chi connectivity index (χ1) is 14.7. The summed E-state index contributed by atoms with van der Waals surface area (Å²) in [6.45, 7) is 3.26. The molecule has 4 rings (SSSR count). The second-order valence-corrected chi connectivity index (χ2v) is 8.22. The minimum Gasteiger partial charge on any atom is -0.497 e. The van der Waals surface area contributed by atoms with Crippen LogP contribution in [0, 0.1) is 0 Å². The Morgan fingerprint density at radius 2 is 1.73 bits per heavy atom. The third-order valence-electron chi connectivity index (χ3n) is 5.18. The number of methoxy groups -OCH3 is 1. The number of carbonyl (C=O) groups is 1. The van der Waals surface area contributed by atoms with E-state index in [0.29, 0.717) is 0 Å². The molecule has 2 aromatic carbocycles. The third-order valence-corrected chi connectivity index (χ3v) is 6.14. The number of hydrogen-bond acceptors (Lipinski definition) is 5. The van der Waals surface area contributed by atoms with E-state index in [1.807, 2.05) is 59.5 Å². The van der Waals surface area contributed by atoms with Crippen molar-refractivity contribution in [2.75, 3.05) is 38.2 Å². The lowest BCUT2D eigenvalue weighted by molar-refractivity contribution is 0.0767. The predicted molar refractivity (Wildman–Crippen MR) is 121 cm³/mol. The van der Waals surface area contributed by atoms with Crippen LogP contribution in [0.1, 0.15) is 16.8 Å². The summed E-state index contributed by atoms with van der Waals surface area (Å²) in [5.74, 6) is 0.955. The average molecular weight is 420 g/mol. The van der Waals surface area contributed by atoms with E-state index >= 15 is 0 Å². The van der Waals surface area contributed by atoms with Crippen molar-refractivity contribution in [3.05, 3.63) is 78.5 Å². The zero-order valence-electron chi connectivity index (χ0n) is 17.0. The number of anilines is 1. The van der Waals surface area contributed by atoms with Gasteiger partial charge in [-0.1, -0.05) is 17.8 Å². The molecule has 30 heavy (non-hydrogen) atoms. The predicted octanol–water partition coefficient (Wildman–Crippen LogP) is 4.59. The van der Waals surface area contributed by atoms with Crippen LogP contribution in [-0.4, -0.2) is 49.1 Å². The number of ether oxygens (including phenoxy) is 1. The van der Waals surface area contributed by atoms with Gasteiger partial charge in [0.1, 0.15) is 10.8 Å². The lowest BCUT2D eigenvalue weighted by atomic mass is 10.2. The van der Waals surface area contributed by atoms with Gasteiger partial charge in [-0.05, 0) is 67.1 Å². The first-order valence-corrected chi connectivity index (χ1v) is 10.9. The first kappa shape index (κ1) is 20.3. The molecule has 6 heteroatoms. The number of hydrogen-bond donors (Lipinski definition) is 0. The second-order valence-electron chi connectivity index (χ2n) is 7.13. The highest BCUT2D eigenvalue weighted by Crippen LogP contribution is 2.26. The minimum absolute atomic E-state index is 0.0981. The number of benzene rings is 2. The fourth-order valence-electron chi connectivity index (χ4n) is 3.55. The number of carbonyl (C=O) groups excluding carboxylic acids is 1. The quantitative estimate of drug-likeness (QED) is 0.605. The summed E-state index contributed by atoms with van der Waals surface area (Å²) in [5.41, 5.74) is 1.90. The maximum atomic E-state index is 13.0. The molecule has 1 aliphatic rings. The van der Waals surface area contributed by atoms with Crippen molar-refractivity contribution in [2.24, 2.45) is 0 Å². The molecule has 3 aromatic rings. The number of aromatic nitrogens is 1. The Labute approximate surface area is 181 Å². The van der Waals surface area contributed by atoms with Crippen LogP contribution in [0.5, 0.6) is 5.75 Å². The van der Waals surface area contributed by atoms with Gasteiger partial charge in [0.05, 0.1) is 7.11 Å². The van der Waals surface area contributed by atoms with Gasteiger partial charge in [-0.15, -0.1) is 0 Å². The molecule has 2 heterocycles. The molecule has 0 saturated carbocycles. The second kappa shape index (κ2) is 9.67. The van der Waals surface area contributed by atoms with Crippen molar-refractivity contribution in [2.45, 2.75) is 16.3 Å². The Hall–Kier alpha value is -2.99. The zero-order chi connectivity index (χ0) is 20.8. The molecule has 0 N–H and O–H groups in total. The molecule has 0 radical (unpaired) electrons. The summed E-state index contributed by atoms with van der Waals surface area (Å²) >= 11 is 1.60. The monoisotopic (exact) mass is 419 g/mol. The molecule has 0 bridgehead atoms. The van der Waals surface area contributed by atoms with Gasteiger partial charge < -0.3 is 14.5 Å². The Bertz CT molecular complexity index is 962. The smallest absolute Gasteiger partial charge is 0.253 e. The molecular formula is C24H25N3O2S. The Balaban J connectivity index is 1.37. The highest BCUT2D eigenvalue weighted by molar-refractivity contribution is 7.99. The molecule has 0 atom stereocenters. The summed E-state index contributed by atoms with van der Waals surface area (Å²) in [7, 11) is 1.67. The minimum atomic E-state index is 0.0981. The summed E-state index contributed by atoms with van der Waals surface area (Å²) in [6.07, 6.45) is 2.74. The van der Waals surface area contributed by atoms with Crippen LogP contribution in [0.3, 0.4) is 0 Å². The van der Waals surface area contributed by atoms with Gasteiger partial charge in [-0.3, -0.25) is 4.79 Å². The lowest BCUT2D eigenvalue weighted by Gasteiger charge is -2.24. The summed E-state index contributed by atoms with van der Waals surface area (Å²) in [4.78, 5) is 22.7. The summed E-state index contributed by atoms with van der Waals surface area (Å²) < 4.78 is 5.24. The molecule has 1 aliphatic heterocycles. The third kappa shape index (κ3) is 4.94. The van der Waals surface area contributed by atoms with E-state index in [-0.39, 0.29) is 5.91 Å². The first-order valence-electron chi connectivity index (χ1n) is 10.1. The number of rotatable bonds is 5. The van der Waals surface area contributed by atoms with Crippen molar-refractivity contribution < 1.29 is 9.53 Å². The van der Waals surface area contributed by atoms with Crippen molar-refractivity contribution in [1.29, 1.82) is 0 Å². The topological polar surface area (TPSA) is 45.7 Å². The van der Waals surface area contributed by atoms with E-state index in [9.17, 15) is 4.79 Å². The van der Waals surface area contributed by atoms with Crippen LogP contribution in [0.15, 0.2) is 82.8 Å². The molecule has 1 fully saturated rings. The summed E-state index contributed by atoms with van der Waals surface area (Å²) in [6, 6.07) is 21.8.